The van der Waals surface area contributed by atoms with E-state index in [0.29, 0.717) is 18.4 Å². The van der Waals surface area contributed by atoms with E-state index in [9.17, 15) is 18.0 Å². The van der Waals surface area contributed by atoms with Crippen LogP contribution in [0.25, 0.3) is 0 Å². The number of rotatable bonds is 4. The summed E-state index contributed by atoms with van der Waals surface area (Å²) < 4.78 is 43.1. The normalized spacial score (nSPS) is 22.3. The van der Waals surface area contributed by atoms with Gasteiger partial charge < -0.3 is 9.64 Å². The average molecular weight is 437 g/mol. The zero-order chi connectivity index (χ0) is 22.3. The first-order chi connectivity index (χ1) is 14.8. The van der Waals surface area contributed by atoms with E-state index in [1.54, 1.807) is 7.05 Å². The molecule has 0 bridgehead atoms. The molecular formula is C24H31F3N2O2. The number of ether oxygens (including phenoxy) is 1. The predicted molar refractivity (Wildman–Crippen MR) is 114 cm³/mol. The first kappa shape index (κ1) is 23.5. The number of amides is 1. The van der Waals surface area contributed by atoms with E-state index in [1.165, 1.54) is 36.3 Å². The summed E-state index contributed by atoms with van der Waals surface area (Å²) in [6.45, 7) is 3.78. The molecule has 1 amide bonds. The van der Waals surface area contributed by atoms with E-state index >= 15 is 0 Å². The second-order valence-electron chi connectivity index (χ2n) is 8.65. The number of carbonyl (C=O) groups excluding carboxylic acids is 1. The number of hydrogen-bond acceptors (Lipinski definition) is 3. The fourth-order valence-electron chi connectivity index (χ4n) is 4.26. The zero-order valence-electron chi connectivity index (χ0n) is 18.1. The summed E-state index contributed by atoms with van der Waals surface area (Å²) in [5.41, 5.74) is -0.767. The van der Waals surface area contributed by atoms with Crippen molar-refractivity contribution in [2.45, 2.75) is 51.1 Å². The van der Waals surface area contributed by atoms with Gasteiger partial charge in [0.25, 0.3) is 0 Å². The molecule has 7 heteroatoms. The van der Waals surface area contributed by atoms with Crippen LogP contribution in [0.2, 0.25) is 0 Å². The van der Waals surface area contributed by atoms with Crippen LogP contribution in [-0.4, -0.2) is 49.1 Å². The third-order valence-corrected chi connectivity index (χ3v) is 6.13. The SMILES string of the molecule is CN(C[C@H]1CC[C@H](C#CCN2CCCCC2)CC1)C(=O)Oc1ccc(C(F)(F)F)cc1. The van der Waals surface area contributed by atoms with E-state index in [0.717, 1.165) is 57.5 Å². The van der Waals surface area contributed by atoms with Gasteiger partial charge in [-0.1, -0.05) is 18.3 Å². The summed E-state index contributed by atoms with van der Waals surface area (Å²) in [4.78, 5) is 16.2. The van der Waals surface area contributed by atoms with Gasteiger partial charge >= 0.3 is 12.3 Å². The number of likely N-dealkylation sites (tertiary alicyclic amines) is 1. The minimum atomic E-state index is -4.41. The maximum Gasteiger partial charge on any atom is 0.416 e. The number of halogens is 3. The van der Waals surface area contributed by atoms with Gasteiger partial charge in [0.05, 0.1) is 12.1 Å². The summed E-state index contributed by atoms with van der Waals surface area (Å²) in [6.07, 6.45) is 3.05. The molecule has 4 nitrogen and oxygen atoms in total. The molecule has 0 N–H and O–H groups in total. The summed E-state index contributed by atoms with van der Waals surface area (Å²) in [5.74, 6) is 7.73. The molecule has 1 saturated heterocycles. The van der Waals surface area contributed by atoms with Crippen molar-refractivity contribution in [1.82, 2.24) is 9.80 Å². The van der Waals surface area contributed by atoms with Gasteiger partial charge in [-0.05, 0) is 81.8 Å². The van der Waals surface area contributed by atoms with Crippen molar-refractivity contribution in [2.24, 2.45) is 11.8 Å². The average Bonchev–Trinajstić information content (AvgIpc) is 2.75. The van der Waals surface area contributed by atoms with Crippen molar-refractivity contribution in [3.8, 4) is 17.6 Å². The molecule has 2 fully saturated rings. The van der Waals surface area contributed by atoms with Crippen molar-refractivity contribution in [1.29, 1.82) is 0 Å². The van der Waals surface area contributed by atoms with Crippen molar-refractivity contribution >= 4 is 6.09 Å². The number of benzene rings is 1. The molecule has 0 radical (unpaired) electrons. The Morgan fingerprint density at radius 2 is 1.74 bits per heavy atom. The van der Waals surface area contributed by atoms with E-state index in [2.05, 4.69) is 16.7 Å². The molecule has 1 aromatic rings. The summed E-state index contributed by atoms with van der Waals surface area (Å²) in [5, 5.41) is 0. The lowest BCUT2D eigenvalue weighted by molar-refractivity contribution is -0.137. The van der Waals surface area contributed by atoms with E-state index in [4.69, 9.17) is 4.74 Å². The molecule has 1 aliphatic heterocycles. The van der Waals surface area contributed by atoms with Crippen LogP contribution >= 0.6 is 0 Å². The largest absolute Gasteiger partial charge is 0.416 e. The predicted octanol–water partition coefficient (Wildman–Crippen LogP) is 5.43. The highest BCUT2D eigenvalue weighted by Gasteiger charge is 2.30. The van der Waals surface area contributed by atoms with Crippen molar-refractivity contribution in [2.75, 3.05) is 33.2 Å². The summed E-state index contributed by atoms with van der Waals surface area (Å²) in [6, 6.07) is 4.16. The Hall–Kier alpha value is -2.20. The molecule has 1 saturated carbocycles. The molecule has 0 aromatic heterocycles. The van der Waals surface area contributed by atoms with Gasteiger partial charge in [0, 0.05) is 19.5 Å². The van der Waals surface area contributed by atoms with Crippen molar-refractivity contribution < 1.29 is 22.7 Å². The van der Waals surface area contributed by atoms with Crippen LogP contribution < -0.4 is 4.74 Å². The fraction of sp³-hybridized carbons (Fsp3) is 0.625. The topological polar surface area (TPSA) is 32.8 Å². The summed E-state index contributed by atoms with van der Waals surface area (Å²) in [7, 11) is 1.66. The minimum Gasteiger partial charge on any atom is -0.410 e. The lowest BCUT2D eigenvalue weighted by atomic mass is 9.82. The van der Waals surface area contributed by atoms with E-state index < -0.39 is 17.8 Å². The molecule has 3 rings (SSSR count). The molecule has 1 heterocycles. The van der Waals surface area contributed by atoms with Gasteiger partial charge in [-0.2, -0.15) is 13.2 Å². The first-order valence-corrected chi connectivity index (χ1v) is 11.1. The monoisotopic (exact) mass is 436 g/mol. The number of nitrogens with zero attached hydrogens (tertiary/aromatic N) is 2. The second-order valence-corrected chi connectivity index (χ2v) is 8.65. The Bertz CT molecular complexity index is 769. The Kier molecular flexibility index (Phi) is 8.25. The number of piperidine rings is 1. The highest BCUT2D eigenvalue weighted by atomic mass is 19.4. The van der Waals surface area contributed by atoms with Crippen LogP contribution in [0.4, 0.5) is 18.0 Å². The molecule has 31 heavy (non-hydrogen) atoms. The standard InChI is InChI=1S/C24H31F3N2O2/c1-28(23(30)31-22-13-11-21(12-14-22)24(25,26)27)18-20-9-7-19(8-10-20)6-5-17-29-15-3-2-4-16-29/h11-14,19-20H,2-4,7-10,15-18H2,1H3/t19-,20-. The van der Waals surface area contributed by atoms with Crippen LogP contribution in [0.15, 0.2) is 24.3 Å². The molecule has 170 valence electrons. The Morgan fingerprint density at radius 3 is 2.35 bits per heavy atom. The van der Waals surface area contributed by atoms with Crippen LogP contribution in [0.5, 0.6) is 5.75 Å². The summed E-state index contributed by atoms with van der Waals surface area (Å²) >= 11 is 0. The van der Waals surface area contributed by atoms with Gasteiger partial charge in [0.2, 0.25) is 0 Å². The van der Waals surface area contributed by atoms with Crippen molar-refractivity contribution in [3.63, 3.8) is 0 Å². The number of alkyl halides is 3. The van der Waals surface area contributed by atoms with Gasteiger partial charge in [-0.3, -0.25) is 4.90 Å². The Balaban J connectivity index is 1.38. The minimum absolute atomic E-state index is 0.109. The second kappa shape index (κ2) is 10.9. The Morgan fingerprint density at radius 1 is 1.10 bits per heavy atom. The molecule has 0 unspecified atom stereocenters. The molecular weight excluding hydrogens is 405 g/mol. The van der Waals surface area contributed by atoms with Gasteiger partial charge in [0.15, 0.2) is 0 Å². The van der Waals surface area contributed by atoms with E-state index in [1.807, 2.05) is 0 Å². The quantitative estimate of drug-likeness (QED) is 0.590. The third-order valence-electron chi connectivity index (χ3n) is 6.13. The molecule has 2 aliphatic rings. The van der Waals surface area contributed by atoms with Crippen LogP contribution in [0, 0.1) is 23.7 Å². The highest BCUT2D eigenvalue weighted by Crippen LogP contribution is 2.31. The molecule has 0 spiro atoms. The number of hydrogen-bond donors (Lipinski definition) is 0. The molecule has 0 atom stereocenters. The van der Waals surface area contributed by atoms with Crippen LogP contribution in [0.3, 0.4) is 0 Å². The van der Waals surface area contributed by atoms with Gasteiger partial charge in [-0.15, -0.1) is 0 Å². The van der Waals surface area contributed by atoms with Gasteiger partial charge in [-0.25, -0.2) is 4.79 Å². The third kappa shape index (κ3) is 7.46. The number of carbonyl (C=O) groups is 1. The Labute approximate surface area is 182 Å². The maximum absolute atomic E-state index is 12.6. The van der Waals surface area contributed by atoms with Gasteiger partial charge in [0.1, 0.15) is 5.75 Å². The maximum atomic E-state index is 12.6. The van der Waals surface area contributed by atoms with Crippen LogP contribution in [-0.2, 0) is 6.18 Å². The molecule has 1 aromatic carbocycles. The lowest BCUT2D eigenvalue weighted by Gasteiger charge is -2.29. The van der Waals surface area contributed by atoms with Crippen LogP contribution in [0.1, 0.15) is 50.5 Å². The first-order valence-electron chi connectivity index (χ1n) is 11.1. The van der Waals surface area contributed by atoms with Crippen molar-refractivity contribution in [3.05, 3.63) is 29.8 Å². The highest BCUT2D eigenvalue weighted by molar-refractivity contribution is 5.70. The smallest absolute Gasteiger partial charge is 0.410 e. The molecule has 1 aliphatic carbocycles. The zero-order valence-corrected chi connectivity index (χ0v) is 18.1. The lowest BCUT2D eigenvalue weighted by Crippen LogP contribution is -2.35. The fourth-order valence-corrected chi connectivity index (χ4v) is 4.26. The van der Waals surface area contributed by atoms with E-state index in [-0.39, 0.29) is 5.75 Å².